The van der Waals surface area contributed by atoms with Crippen LogP contribution < -0.4 is 0 Å². The number of rotatable bonds is 5. The van der Waals surface area contributed by atoms with Gasteiger partial charge < -0.3 is 14.1 Å². The van der Waals surface area contributed by atoms with Crippen molar-refractivity contribution in [1.82, 2.24) is 9.88 Å². The third kappa shape index (κ3) is 3.97. The Labute approximate surface area is 150 Å². The Hall–Kier alpha value is -3.41. The lowest BCUT2D eigenvalue weighted by molar-refractivity contribution is -0.155. The van der Waals surface area contributed by atoms with Crippen LogP contribution in [0.25, 0.3) is 17.2 Å². The summed E-state index contributed by atoms with van der Waals surface area (Å²) >= 11 is 0. The van der Waals surface area contributed by atoms with Crippen LogP contribution in [0.1, 0.15) is 17.6 Å². The molecule has 0 saturated heterocycles. The summed E-state index contributed by atoms with van der Waals surface area (Å²) in [6, 6.07) is 16.2. The second kappa shape index (κ2) is 7.65. The van der Waals surface area contributed by atoms with Crippen molar-refractivity contribution >= 4 is 29.1 Å². The molecule has 1 heterocycles. The van der Waals surface area contributed by atoms with Gasteiger partial charge in [-0.1, -0.05) is 42.5 Å². The summed E-state index contributed by atoms with van der Waals surface area (Å²) in [5.41, 5.74) is 1.94. The van der Waals surface area contributed by atoms with Crippen LogP contribution in [-0.2, 0) is 14.3 Å². The molecule has 0 aliphatic carbocycles. The zero-order chi connectivity index (χ0) is 18.5. The molecule has 6 nitrogen and oxygen atoms in total. The van der Waals surface area contributed by atoms with E-state index in [4.69, 9.17) is 9.15 Å². The van der Waals surface area contributed by atoms with E-state index in [-0.39, 0.29) is 5.91 Å². The fraction of sp³-hybridized carbons (Fsp3) is 0.150. The second-order valence-corrected chi connectivity index (χ2v) is 5.81. The molecule has 1 amide bonds. The number of fused-ring (bicyclic) bond motifs is 1. The number of amides is 1. The average molecular weight is 350 g/mol. The molecule has 0 N–H and O–H groups in total. The van der Waals surface area contributed by atoms with E-state index >= 15 is 0 Å². The van der Waals surface area contributed by atoms with Crippen LogP contribution in [0.3, 0.4) is 0 Å². The maximum Gasteiger partial charge on any atom is 0.332 e. The topological polar surface area (TPSA) is 72.6 Å². The van der Waals surface area contributed by atoms with Gasteiger partial charge in [0.15, 0.2) is 5.58 Å². The molecule has 1 aromatic heterocycles. The molecule has 0 fully saturated rings. The van der Waals surface area contributed by atoms with E-state index in [0.29, 0.717) is 22.6 Å². The summed E-state index contributed by atoms with van der Waals surface area (Å²) in [6.45, 7) is 0. The summed E-state index contributed by atoms with van der Waals surface area (Å²) < 4.78 is 10.9. The van der Waals surface area contributed by atoms with Crippen LogP contribution in [0, 0.1) is 0 Å². The highest BCUT2D eigenvalue weighted by Crippen LogP contribution is 2.20. The van der Waals surface area contributed by atoms with Crippen molar-refractivity contribution in [2.24, 2.45) is 0 Å². The van der Waals surface area contributed by atoms with Gasteiger partial charge in [-0.3, -0.25) is 4.79 Å². The van der Waals surface area contributed by atoms with Gasteiger partial charge >= 0.3 is 5.97 Å². The minimum absolute atomic E-state index is 0.290. The molecule has 0 spiro atoms. The van der Waals surface area contributed by atoms with Gasteiger partial charge in [-0.15, -0.1) is 0 Å². The van der Waals surface area contributed by atoms with Gasteiger partial charge in [0.1, 0.15) is 5.52 Å². The van der Waals surface area contributed by atoms with Gasteiger partial charge in [0.25, 0.3) is 5.91 Å². The Morgan fingerprint density at radius 2 is 1.77 bits per heavy atom. The number of nitrogens with zero attached hydrogens (tertiary/aromatic N) is 2. The van der Waals surface area contributed by atoms with Gasteiger partial charge in [-0.25, -0.2) is 9.78 Å². The summed E-state index contributed by atoms with van der Waals surface area (Å²) in [5, 5.41) is 0. The number of benzene rings is 2. The van der Waals surface area contributed by atoms with Crippen LogP contribution in [0.4, 0.5) is 0 Å². The highest BCUT2D eigenvalue weighted by molar-refractivity contribution is 5.90. The number of hydrogen-bond acceptors (Lipinski definition) is 5. The van der Waals surface area contributed by atoms with Crippen molar-refractivity contribution in [1.29, 1.82) is 0 Å². The average Bonchev–Trinajstić information content (AvgIpc) is 3.07. The van der Waals surface area contributed by atoms with Gasteiger partial charge in [0.2, 0.25) is 12.0 Å². The number of esters is 1. The van der Waals surface area contributed by atoms with Gasteiger partial charge in [0.05, 0.1) is 0 Å². The van der Waals surface area contributed by atoms with Crippen molar-refractivity contribution in [3.05, 3.63) is 72.1 Å². The molecule has 1 unspecified atom stereocenters. The standard InChI is InChI=1S/C20H18N2O4/c1-22(2)20(24)19(14-8-4-3-5-9-14)26-18(23)13-12-17-21-15-10-6-7-11-16(15)25-17/h3-13,19H,1-2H3/b13-12+. The summed E-state index contributed by atoms with van der Waals surface area (Å²) in [4.78, 5) is 30.2. The monoisotopic (exact) mass is 350 g/mol. The van der Waals surface area contributed by atoms with E-state index in [1.54, 1.807) is 44.4 Å². The molecule has 0 aliphatic rings. The molecule has 3 rings (SSSR count). The minimum atomic E-state index is -1.01. The zero-order valence-corrected chi connectivity index (χ0v) is 14.5. The Balaban J connectivity index is 1.76. The molecule has 3 aromatic rings. The van der Waals surface area contributed by atoms with Crippen molar-refractivity contribution in [2.75, 3.05) is 14.1 Å². The van der Waals surface area contributed by atoms with Crippen molar-refractivity contribution in [3.63, 3.8) is 0 Å². The third-order valence-corrected chi connectivity index (χ3v) is 3.67. The predicted octanol–water partition coefficient (Wildman–Crippen LogP) is 3.21. The Kier molecular flexibility index (Phi) is 5.12. The highest BCUT2D eigenvalue weighted by atomic mass is 16.5. The lowest BCUT2D eigenvalue weighted by atomic mass is 10.1. The van der Waals surface area contributed by atoms with Crippen molar-refractivity contribution in [2.45, 2.75) is 6.10 Å². The van der Waals surface area contributed by atoms with E-state index < -0.39 is 12.1 Å². The molecule has 1 atom stereocenters. The first-order valence-corrected chi connectivity index (χ1v) is 8.05. The number of likely N-dealkylation sites (N-methyl/N-ethyl adjacent to an activating group) is 1. The maximum absolute atomic E-state index is 12.4. The van der Waals surface area contributed by atoms with Gasteiger partial charge in [-0.05, 0) is 12.1 Å². The van der Waals surface area contributed by atoms with Crippen molar-refractivity contribution < 1.29 is 18.7 Å². The first-order valence-electron chi connectivity index (χ1n) is 8.05. The van der Waals surface area contributed by atoms with Gasteiger partial charge in [0, 0.05) is 31.8 Å². The number of hydrogen-bond donors (Lipinski definition) is 0. The molecule has 6 heteroatoms. The predicted molar refractivity (Wildman–Crippen MR) is 97.0 cm³/mol. The Morgan fingerprint density at radius 3 is 2.46 bits per heavy atom. The third-order valence-electron chi connectivity index (χ3n) is 3.67. The molecular weight excluding hydrogens is 332 g/mol. The number of carbonyl (C=O) groups is 2. The Bertz CT molecular complexity index is 912. The molecule has 132 valence electrons. The van der Waals surface area contributed by atoms with Crippen LogP contribution in [0.5, 0.6) is 0 Å². The van der Waals surface area contributed by atoms with Crippen LogP contribution in [0.15, 0.2) is 65.1 Å². The normalized spacial score (nSPS) is 12.2. The number of para-hydroxylation sites is 2. The molecule has 0 bridgehead atoms. The van der Waals surface area contributed by atoms with E-state index in [0.717, 1.165) is 0 Å². The molecule has 0 radical (unpaired) electrons. The SMILES string of the molecule is CN(C)C(=O)C(OC(=O)/C=C/c1nc2ccccc2o1)c1ccccc1. The van der Waals surface area contributed by atoms with Gasteiger partial charge in [-0.2, -0.15) is 0 Å². The molecule has 0 saturated carbocycles. The first kappa shape index (κ1) is 17.4. The van der Waals surface area contributed by atoms with E-state index in [1.165, 1.54) is 17.1 Å². The minimum Gasteiger partial charge on any atom is -0.444 e. The smallest absolute Gasteiger partial charge is 0.332 e. The zero-order valence-electron chi connectivity index (χ0n) is 14.5. The quantitative estimate of drug-likeness (QED) is 0.522. The molecule has 2 aromatic carbocycles. The summed E-state index contributed by atoms with van der Waals surface area (Å²) in [5.74, 6) is -0.686. The summed E-state index contributed by atoms with van der Waals surface area (Å²) in [6.07, 6.45) is 1.61. The summed E-state index contributed by atoms with van der Waals surface area (Å²) in [7, 11) is 3.22. The highest BCUT2D eigenvalue weighted by Gasteiger charge is 2.25. The van der Waals surface area contributed by atoms with Crippen molar-refractivity contribution in [3.8, 4) is 0 Å². The Morgan fingerprint density at radius 1 is 1.08 bits per heavy atom. The first-order chi connectivity index (χ1) is 12.5. The number of aromatic nitrogens is 1. The van der Waals surface area contributed by atoms with Crippen LogP contribution >= 0.6 is 0 Å². The second-order valence-electron chi connectivity index (χ2n) is 5.81. The number of carbonyl (C=O) groups excluding carboxylic acids is 2. The van der Waals surface area contributed by atoms with E-state index in [2.05, 4.69) is 4.98 Å². The van der Waals surface area contributed by atoms with E-state index in [9.17, 15) is 9.59 Å². The molecule has 0 aliphatic heterocycles. The number of oxazole rings is 1. The lowest BCUT2D eigenvalue weighted by Crippen LogP contribution is -2.30. The largest absolute Gasteiger partial charge is 0.444 e. The molecular formula is C20H18N2O4. The van der Waals surface area contributed by atoms with E-state index in [1.807, 2.05) is 24.3 Å². The van der Waals surface area contributed by atoms with Crippen LogP contribution in [0.2, 0.25) is 0 Å². The van der Waals surface area contributed by atoms with Crippen LogP contribution in [-0.4, -0.2) is 35.9 Å². The lowest BCUT2D eigenvalue weighted by Gasteiger charge is -2.20. The fourth-order valence-corrected chi connectivity index (χ4v) is 2.38. The number of ether oxygens (including phenoxy) is 1. The fourth-order valence-electron chi connectivity index (χ4n) is 2.38. The molecule has 26 heavy (non-hydrogen) atoms. The maximum atomic E-state index is 12.4.